The fraction of sp³-hybridized carbons (Fsp3) is 0.400. The van der Waals surface area contributed by atoms with Crippen molar-refractivity contribution in [2.45, 2.75) is 38.6 Å². The van der Waals surface area contributed by atoms with Gasteiger partial charge in [-0.2, -0.15) is 4.98 Å². The van der Waals surface area contributed by atoms with Crippen molar-refractivity contribution >= 4 is 5.91 Å². The SMILES string of the molecule is COc1ccc(-c2noc(CCN(C(=O)C3CCC3)C(C)c3ccccc3)n2)cc1OC. The van der Waals surface area contributed by atoms with E-state index in [1.54, 1.807) is 14.2 Å². The number of nitrogens with zero attached hydrogens (tertiary/aromatic N) is 3. The molecule has 7 nitrogen and oxygen atoms in total. The number of benzene rings is 2. The predicted octanol–water partition coefficient (Wildman–Crippen LogP) is 4.69. The van der Waals surface area contributed by atoms with Crippen LogP contribution in [0.1, 0.15) is 43.7 Å². The van der Waals surface area contributed by atoms with E-state index in [4.69, 9.17) is 14.0 Å². The van der Waals surface area contributed by atoms with Gasteiger partial charge >= 0.3 is 0 Å². The van der Waals surface area contributed by atoms with Gasteiger partial charge in [-0.25, -0.2) is 0 Å². The molecule has 3 aromatic rings. The number of carbonyl (C=O) groups is 1. The van der Waals surface area contributed by atoms with Gasteiger partial charge in [0.2, 0.25) is 17.6 Å². The lowest BCUT2D eigenvalue weighted by molar-refractivity contribution is -0.140. The van der Waals surface area contributed by atoms with Crippen LogP contribution >= 0.6 is 0 Å². The van der Waals surface area contributed by atoms with Crippen LogP contribution in [0.4, 0.5) is 0 Å². The standard InChI is InChI=1S/C25H29N3O4/c1-17(18-8-5-4-6-9-18)28(25(29)19-10-7-11-19)15-14-23-26-24(27-32-23)20-12-13-21(30-2)22(16-20)31-3/h4-6,8-9,12-13,16-17,19H,7,10-11,14-15H2,1-3H3. The van der Waals surface area contributed by atoms with E-state index < -0.39 is 0 Å². The molecule has 32 heavy (non-hydrogen) atoms. The van der Waals surface area contributed by atoms with E-state index in [1.807, 2.05) is 41.3 Å². The second kappa shape index (κ2) is 9.85. The highest BCUT2D eigenvalue weighted by atomic mass is 16.5. The number of carbonyl (C=O) groups excluding carboxylic acids is 1. The Balaban J connectivity index is 1.49. The molecule has 1 amide bonds. The van der Waals surface area contributed by atoms with Crippen molar-refractivity contribution in [2.24, 2.45) is 5.92 Å². The highest BCUT2D eigenvalue weighted by Crippen LogP contribution is 2.33. The third-order valence-corrected chi connectivity index (χ3v) is 6.16. The summed E-state index contributed by atoms with van der Waals surface area (Å²) in [7, 11) is 3.18. The monoisotopic (exact) mass is 435 g/mol. The summed E-state index contributed by atoms with van der Waals surface area (Å²) >= 11 is 0. The lowest BCUT2D eigenvalue weighted by Crippen LogP contribution is -2.41. The maximum Gasteiger partial charge on any atom is 0.228 e. The second-order valence-corrected chi connectivity index (χ2v) is 8.08. The first-order chi connectivity index (χ1) is 15.6. The molecule has 168 valence electrons. The molecule has 7 heteroatoms. The van der Waals surface area contributed by atoms with Crippen molar-refractivity contribution in [3.05, 3.63) is 60.0 Å². The lowest BCUT2D eigenvalue weighted by Gasteiger charge is -2.35. The molecular weight excluding hydrogens is 406 g/mol. The first-order valence-corrected chi connectivity index (χ1v) is 11.0. The molecule has 0 bridgehead atoms. The molecule has 2 aromatic carbocycles. The molecule has 0 aliphatic heterocycles. The number of rotatable bonds is 9. The molecule has 0 saturated heterocycles. The van der Waals surface area contributed by atoms with Gasteiger partial charge in [-0.05, 0) is 43.5 Å². The van der Waals surface area contributed by atoms with Gasteiger partial charge in [0.05, 0.1) is 20.3 Å². The summed E-state index contributed by atoms with van der Waals surface area (Å²) in [4.78, 5) is 19.7. The van der Waals surface area contributed by atoms with E-state index >= 15 is 0 Å². The van der Waals surface area contributed by atoms with E-state index in [1.165, 1.54) is 0 Å². The minimum Gasteiger partial charge on any atom is -0.493 e. The Kier molecular flexibility index (Phi) is 6.73. The number of methoxy groups -OCH3 is 2. The van der Waals surface area contributed by atoms with Crippen LogP contribution in [0.2, 0.25) is 0 Å². The van der Waals surface area contributed by atoms with Crippen molar-refractivity contribution in [3.8, 4) is 22.9 Å². The van der Waals surface area contributed by atoms with Gasteiger partial charge in [-0.3, -0.25) is 4.79 Å². The average molecular weight is 436 g/mol. The minimum atomic E-state index is -0.0162. The quantitative estimate of drug-likeness (QED) is 0.485. The van der Waals surface area contributed by atoms with Gasteiger partial charge in [-0.1, -0.05) is 41.9 Å². The van der Waals surface area contributed by atoms with Crippen LogP contribution in [0.25, 0.3) is 11.4 Å². The Bertz CT molecular complexity index is 1050. The van der Waals surface area contributed by atoms with Gasteiger partial charge in [0, 0.05) is 24.4 Å². The summed E-state index contributed by atoms with van der Waals surface area (Å²) in [6.07, 6.45) is 3.57. The third-order valence-electron chi connectivity index (χ3n) is 6.16. The summed E-state index contributed by atoms with van der Waals surface area (Å²) in [6, 6.07) is 15.6. The van der Waals surface area contributed by atoms with Gasteiger partial charge in [0.25, 0.3) is 0 Å². The van der Waals surface area contributed by atoms with Crippen molar-refractivity contribution in [1.29, 1.82) is 0 Å². The molecule has 0 N–H and O–H groups in total. The van der Waals surface area contributed by atoms with Crippen LogP contribution in [-0.4, -0.2) is 41.7 Å². The number of aromatic nitrogens is 2. The van der Waals surface area contributed by atoms with Crippen molar-refractivity contribution in [3.63, 3.8) is 0 Å². The number of hydrogen-bond donors (Lipinski definition) is 0. The molecule has 1 aliphatic rings. The summed E-state index contributed by atoms with van der Waals surface area (Å²) in [6.45, 7) is 2.60. The predicted molar refractivity (Wildman–Crippen MR) is 120 cm³/mol. The molecule has 0 spiro atoms. The Morgan fingerprint density at radius 3 is 2.53 bits per heavy atom. The van der Waals surface area contributed by atoms with Crippen LogP contribution in [0.5, 0.6) is 11.5 Å². The summed E-state index contributed by atoms with van der Waals surface area (Å²) in [5.41, 5.74) is 1.90. The van der Waals surface area contributed by atoms with E-state index in [-0.39, 0.29) is 17.9 Å². The van der Waals surface area contributed by atoms with Gasteiger partial charge in [0.1, 0.15) is 0 Å². The van der Waals surface area contributed by atoms with Crippen LogP contribution in [0, 0.1) is 5.92 Å². The molecule has 1 fully saturated rings. The fourth-order valence-corrected chi connectivity index (χ4v) is 3.96. The van der Waals surface area contributed by atoms with Crippen LogP contribution < -0.4 is 9.47 Å². The Labute approximate surface area is 188 Å². The van der Waals surface area contributed by atoms with Gasteiger partial charge in [0.15, 0.2) is 11.5 Å². The van der Waals surface area contributed by atoms with E-state index in [9.17, 15) is 4.79 Å². The maximum absolute atomic E-state index is 13.2. The van der Waals surface area contributed by atoms with Crippen molar-refractivity contribution in [2.75, 3.05) is 20.8 Å². The first-order valence-electron chi connectivity index (χ1n) is 11.0. The summed E-state index contributed by atoms with van der Waals surface area (Å²) in [5.74, 6) is 2.57. The zero-order valence-corrected chi connectivity index (χ0v) is 18.8. The molecule has 1 heterocycles. The molecule has 1 aromatic heterocycles. The highest BCUT2D eigenvalue weighted by Gasteiger charge is 2.32. The van der Waals surface area contributed by atoms with Crippen molar-refractivity contribution < 1.29 is 18.8 Å². The number of ether oxygens (including phenoxy) is 2. The van der Waals surface area contributed by atoms with Crippen molar-refractivity contribution in [1.82, 2.24) is 15.0 Å². The Hall–Kier alpha value is -3.35. The molecular formula is C25H29N3O4. The topological polar surface area (TPSA) is 77.7 Å². The molecule has 1 atom stereocenters. The first kappa shape index (κ1) is 21.9. The smallest absolute Gasteiger partial charge is 0.228 e. The van der Waals surface area contributed by atoms with Crippen LogP contribution in [-0.2, 0) is 11.2 Å². The molecule has 4 rings (SSSR count). The number of hydrogen-bond acceptors (Lipinski definition) is 6. The van der Waals surface area contributed by atoms with E-state index in [0.717, 1.165) is 30.4 Å². The largest absolute Gasteiger partial charge is 0.493 e. The fourth-order valence-electron chi connectivity index (χ4n) is 3.96. The minimum absolute atomic E-state index is 0.0162. The van der Waals surface area contributed by atoms with E-state index in [0.29, 0.717) is 36.2 Å². The van der Waals surface area contributed by atoms with Crippen LogP contribution in [0.3, 0.4) is 0 Å². The zero-order chi connectivity index (χ0) is 22.5. The Morgan fingerprint density at radius 2 is 1.88 bits per heavy atom. The normalized spacial score (nSPS) is 14.5. The molecule has 1 aliphatic carbocycles. The lowest BCUT2D eigenvalue weighted by atomic mass is 9.84. The van der Waals surface area contributed by atoms with Gasteiger partial charge < -0.3 is 18.9 Å². The second-order valence-electron chi connectivity index (χ2n) is 8.08. The summed E-state index contributed by atoms with van der Waals surface area (Å²) in [5, 5.41) is 4.12. The summed E-state index contributed by atoms with van der Waals surface area (Å²) < 4.78 is 16.1. The highest BCUT2D eigenvalue weighted by molar-refractivity contribution is 5.80. The van der Waals surface area contributed by atoms with E-state index in [2.05, 4.69) is 29.2 Å². The molecule has 1 saturated carbocycles. The maximum atomic E-state index is 13.2. The molecule has 1 unspecified atom stereocenters. The Morgan fingerprint density at radius 1 is 1.12 bits per heavy atom. The van der Waals surface area contributed by atoms with Gasteiger partial charge in [-0.15, -0.1) is 0 Å². The average Bonchev–Trinajstić information content (AvgIpc) is 3.27. The van der Waals surface area contributed by atoms with Crippen LogP contribution in [0.15, 0.2) is 53.1 Å². The zero-order valence-electron chi connectivity index (χ0n) is 18.8. The molecule has 0 radical (unpaired) electrons. The third kappa shape index (κ3) is 4.61. The number of amides is 1.